The Labute approximate surface area is 253 Å². The third-order valence-corrected chi connectivity index (χ3v) is 10.3. The summed E-state index contributed by atoms with van der Waals surface area (Å²) in [6.07, 6.45) is 7.87. The average Bonchev–Trinajstić information content (AvgIpc) is 3.53. The number of benzene rings is 3. The van der Waals surface area contributed by atoms with Gasteiger partial charge in [0.2, 0.25) is 0 Å². The van der Waals surface area contributed by atoms with Crippen LogP contribution in [-0.4, -0.2) is 58.5 Å². The molecule has 7 heteroatoms. The number of aromatic hydroxyl groups is 1. The van der Waals surface area contributed by atoms with Crippen molar-refractivity contribution in [3.63, 3.8) is 0 Å². The molecule has 0 bridgehead atoms. The minimum absolute atomic E-state index is 0.0827. The van der Waals surface area contributed by atoms with Crippen molar-refractivity contribution in [2.75, 3.05) is 37.7 Å². The highest BCUT2D eigenvalue weighted by Gasteiger charge is 2.45. The molecule has 3 saturated heterocycles. The highest BCUT2D eigenvalue weighted by Crippen LogP contribution is 2.42. The molecule has 3 aliphatic heterocycles. The van der Waals surface area contributed by atoms with Gasteiger partial charge in [0.25, 0.3) is 0 Å². The first-order chi connectivity index (χ1) is 20.8. The van der Waals surface area contributed by atoms with Crippen LogP contribution in [0.15, 0.2) is 42.5 Å². The number of phenols is 1. The minimum atomic E-state index is -0.424. The predicted molar refractivity (Wildman–Crippen MR) is 172 cm³/mol. The Morgan fingerprint density at radius 3 is 2.47 bits per heavy atom. The molecular weight excluding hydrogens is 539 g/mol. The van der Waals surface area contributed by atoms with Crippen molar-refractivity contribution in [2.45, 2.75) is 71.3 Å². The molecular formula is C36H43FN4O2. The highest BCUT2D eigenvalue weighted by atomic mass is 19.1. The van der Waals surface area contributed by atoms with Crippen molar-refractivity contribution in [2.24, 2.45) is 11.8 Å². The lowest BCUT2D eigenvalue weighted by Crippen LogP contribution is -2.43. The third kappa shape index (κ3) is 5.09. The van der Waals surface area contributed by atoms with Gasteiger partial charge in [-0.05, 0) is 104 Å². The zero-order valence-corrected chi connectivity index (χ0v) is 25.7. The molecule has 2 unspecified atom stereocenters. The van der Waals surface area contributed by atoms with Crippen LogP contribution in [0.2, 0.25) is 0 Å². The van der Waals surface area contributed by atoms with Gasteiger partial charge in [-0.1, -0.05) is 39.0 Å². The summed E-state index contributed by atoms with van der Waals surface area (Å²) in [6.45, 7) is 11.4. The van der Waals surface area contributed by atoms with E-state index in [0.29, 0.717) is 40.7 Å². The van der Waals surface area contributed by atoms with E-state index >= 15 is 4.39 Å². The molecule has 1 aromatic heterocycles. The second-order valence-corrected chi connectivity index (χ2v) is 13.5. The number of aryl methyl sites for hydroxylation is 1. The number of halogens is 1. The van der Waals surface area contributed by atoms with Crippen LogP contribution in [0.5, 0.6) is 11.5 Å². The van der Waals surface area contributed by atoms with Crippen LogP contribution in [0, 0.1) is 17.7 Å². The SMILES string of the molecule is CCc1cccc2cc(O)cc(-c3nnc4c(N5CC(C)CCC(C)C5)cc(OCC56CCCN5CCC6)cc4c3F)c12. The van der Waals surface area contributed by atoms with Crippen molar-refractivity contribution < 1.29 is 14.2 Å². The van der Waals surface area contributed by atoms with Gasteiger partial charge in [-0.2, -0.15) is 0 Å². The number of fused-ring (bicyclic) bond motifs is 3. The van der Waals surface area contributed by atoms with E-state index in [4.69, 9.17) is 9.84 Å². The van der Waals surface area contributed by atoms with Gasteiger partial charge in [0.05, 0.1) is 11.2 Å². The van der Waals surface area contributed by atoms with E-state index in [1.165, 1.54) is 25.7 Å². The lowest BCUT2D eigenvalue weighted by atomic mass is 9.94. The normalized spacial score (nSPS) is 22.3. The van der Waals surface area contributed by atoms with Gasteiger partial charge in [-0.25, -0.2) is 4.39 Å². The summed E-state index contributed by atoms with van der Waals surface area (Å²) < 4.78 is 23.5. The maximum absolute atomic E-state index is 16.9. The third-order valence-electron chi connectivity index (χ3n) is 10.3. The Balaban J connectivity index is 1.38. The number of anilines is 1. The van der Waals surface area contributed by atoms with Gasteiger partial charge in [0.15, 0.2) is 5.82 Å². The number of nitrogens with zero attached hydrogens (tertiary/aromatic N) is 4. The zero-order chi connectivity index (χ0) is 29.7. The standard InChI is InChI=1S/C36H43FN4O2/c1-4-25-8-5-9-26-16-27(42)17-29(32(25)26)35-33(37)30-18-28(43-22-36-12-6-14-41(36)15-7-13-36)19-31(34(30)38-39-35)40-20-23(2)10-11-24(3)21-40/h5,8-9,16-19,23-24,42H,4,6-7,10-15,20-22H2,1-3H3. The number of ether oxygens (including phenoxy) is 1. The molecule has 7 rings (SSSR count). The van der Waals surface area contributed by atoms with Gasteiger partial charge in [-0.15, -0.1) is 10.2 Å². The first kappa shape index (κ1) is 28.3. The van der Waals surface area contributed by atoms with Gasteiger partial charge in [0.1, 0.15) is 29.3 Å². The Morgan fingerprint density at radius 2 is 1.74 bits per heavy atom. The molecule has 2 atom stereocenters. The number of phenolic OH excluding ortho intramolecular Hbond substituents is 1. The Hall–Kier alpha value is -3.45. The zero-order valence-electron chi connectivity index (χ0n) is 25.7. The molecule has 0 radical (unpaired) electrons. The number of aromatic nitrogens is 2. The van der Waals surface area contributed by atoms with E-state index < -0.39 is 5.82 Å². The number of rotatable bonds is 6. The van der Waals surface area contributed by atoms with E-state index in [9.17, 15) is 5.11 Å². The molecule has 3 aliphatic rings. The van der Waals surface area contributed by atoms with E-state index in [-0.39, 0.29) is 17.0 Å². The average molecular weight is 583 g/mol. The quantitative estimate of drug-likeness (QED) is 0.251. The summed E-state index contributed by atoms with van der Waals surface area (Å²) in [7, 11) is 0. The summed E-state index contributed by atoms with van der Waals surface area (Å²) >= 11 is 0. The Kier molecular flexibility index (Phi) is 7.40. The van der Waals surface area contributed by atoms with Crippen molar-refractivity contribution in [3.8, 4) is 22.8 Å². The van der Waals surface area contributed by atoms with E-state index in [0.717, 1.165) is 67.5 Å². The fourth-order valence-corrected chi connectivity index (χ4v) is 8.06. The molecule has 3 aromatic carbocycles. The first-order valence-electron chi connectivity index (χ1n) is 16.2. The Bertz CT molecular complexity index is 1650. The molecule has 0 spiro atoms. The molecule has 226 valence electrons. The van der Waals surface area contributed by atoms with Gasteiger partial charge >= 0.3 is 0 Å². The largest absolute Gasteiger partial charge is 0.508 e. The van der Waals surface area contributed by atoms with Gasteiger partial charge < -0.3 is 14.7 Å². The van der Waals surface area contributed by atoms with Crippen molar-refractivity contribution in [1.82, 2.24) is 15.1 Å². The minimum Gasteiger partial charge on any atom is -0.508 e. The monoisotopic (exact) mass is 582 g/mol. The maximum atomic E-state index is 16.9. The molecule has 0 amide bonds. The van der Waals surface area contributed by atoms with Crippen LogP contribution in [0.3, 0.4) is 0 Å². The van der Waals surface area contributed by atoms with E-state index in [1.807, 2.05) is 18.2 Å². The second kappa shape index (κ2) is 11.2. The smallest absolute Gasteiger partial charge is 0.161 e. The lowest BCUT2D eigenvalue weighted by Gasteiger charge is -2.32. The fourth-order valence-electron chi connectivity index (χ4n) is 8.06. The topological polar surface area (TPSA) is 61.7 Å². The summed E-state index contributed by atoms with van der Waals surface area (Å²) in [5.41, 5.74) is 3.36. The Morgan fingerprint density at radius 1 is 1.00 bits per heavy atom. The van der Waals surface area contributed by atoms with Crippen LogP contribution in [0.1, 0.15) is 64.9 Å². The van der Waals surface area contributed by atoms with Crippen LogP contribution in [-0.2, 0) is 6.42 Å². The maximum Gasteiger partial charge on any atom is 0.161 e. The molecule has 1 N–H and O–H groups in total. The van der Waals surface area contributed by atoms with Crippen molar-refractivity contribution in [1.29, 1.82) is 0 Å². The summed E-state index contributed by atoms with van der Waals surface area (Å²) in [5, 5.41) is 22.1. The summed E-state index contributed by atoms with van der Waals surface area (Å²) in [6, 6.07) is 13.2. The molecule has 4 aromatic rings. The molecule has 0 saturated carbocycles. The van der Waals surface area contributed by atoms with Gasteiger partial charge in [0, 0.05) is 30.1 Å². The fraction of sp³-hybridized carbons (Fsp3) is 0.500. The first-order valence-corrected chi connectivity index (χ1v) is 16.2. The van der Waals surface area contributed by atoms with Gasteiger partial charge in [-0.3, -0.25) is 4.90 Å². The lowest BCUT2D eigenvalue weighted by molar-refractivity contribution is 0.114. The number of hydrogen-bond acceptors (Lipinski definition) is 6. The molecule has 43 heavy (non-hydrogen) atoms. The van der Waals surface area contributed by atoms with Crippen LogP contribution in [0.4, 0.5) is 10.1 Å². The predicted octanol–water partition coefficient (Wildman–Crippen LogP) is 7.74. The summed E-state index contributed by atoms with van der Waals surface area (Å²) in [5.74, 6) is 1.40. The summed E-state index contributed by atoms with van der Waals surface area (Å²) in [4.78, 5) is 4.97. The van der Waals surface area contributed by atoms with Crippen molar-refractivity contribution in [3.05, 3.63) is 53.8 Å². The number of hydrogen-bond donors (Lipinski definition) is 1. The van der Waals surface area contributed by atoms with E-state index in [2.05, 4.69) is 47.8 Å². The molecule has 6 nitrogen and oxygen atoms in total. The highest BCUT2D eigenvalue weighted by molar-refractivity contribution is 6.02. The van der Waals surface area contributed by atoms with Crippen LogP contribution < -0.4 is 9.64 Å². The van der Waals surface area contributed by atoms with Crippen LogP contribution >= 0.6 is 0 Å². The molecule has 3 fully saturated rings. The van der Waals surface area contributed by atoms with Crippen molar-refractivity contribution >= 4 is 27.4 Å². The van der Waals surface area contributed by atoms with Crippen LogP contribution in [0.25, 0.3) is 32.9 Å². The molecule has 4 heterocycles. The van der Waals surface area contributed by atoms with E-state index in [1.54, 1.807) is 12.1 Å². The second-order valence-electron chi connectivity index (χ2n) is 13.5. The molecule has 0 aliphatic carbocycles.